The Balaban J connectivity index is 1.68. The van der Waals surface area contributed by atoms with Crippen LogP contribution in [0.1, 0.15) is 26.5 Å². The zero-order valence-electron chi connectivity index (χ0n) is 12.6. The third-order valence-corrected chi connectivity index (χ3v) is 4.55. The van der Waals surface area contributed by atoms with Gasteiger partial charge < -0.3 is 4.90 Å². The van der Waals surface area contributed by atoms with Crippen molar-refractivity contribution in [1.29, 1.82) is 0 Å². The predicted octanol–water partition coefficient (Wildman–Crippen LogP) is 2.13. The van der Waals surface area contributed by atoms with E-state index in [-0.39, 0.29) is 11.0 Å². The highest BCUT2D eigenvalue weighted by atomic mass is 32.1. The SMILES string of the molecule is CC(C)(C)c1ccc(=O)n(CC2CN(c3nccs3)C2)n1. The van der Waals surface area contributed by atoms with E-state index in [1.165, 1.54) is 0 Å². The summed E-state index contributed by atoms with van der Waals surface area (Å²) in [5.41, 5.74) is 0.899. The van der Waals surface area contributed by atoms with Crippen molar-refractivity contribution in [3.8, 4) is 0 Å². The summed E-state index contributed by atoms with van der Waals surface area (Å²) in [6.45, 7) is 8.90. The number of hydrogen-bond acceptors (Lipinski definition) is 5. The first-order chi connectivity index (χ1) is 9.93. The van der Waals surface area contributed by atoms with Gasteiger partial charge in [0.1, 0.15) is 0 Å². The maximum Gasteiger partial charge on any atom is 0.266 e. The zero-order chi connectivity index (χ0) is 15.0. The molecule has 2 aromatic rings. The van der Waals surface area contributed by atoms with Crippen molar-refractivity contribution < 1.29 is 0 Å². The largest absolute Gasteiger partial charge is 0.347 e. The normalized spacial score (nSPS) is 16.0. The van der Waals surface area contributed by atoms with Crippen LogP contribution in [-0.2, 0) is 12.0 Å². The van der Waals surface area contributed by atoms with Crippen LogP contribution in [0.3, 0.4) is 0 Å². The molecule has 0 bridgehead atoms. The molecule has 2 aromatic heterocycles. The van der Waals surface area contributed by atoms with Gasteiger partial charge in [-0.3, -0.25) is 4.79 Å². The first-order valence-electron chi connectivity index (χ1n) is 7.16. The Labute approximate surface area is 128 Å². The highest BCUT2D eigenvalue weighted by Crippen LogP contribution is 2.27. The highest BCUT2D eigenvalue weighted by molar-refractivity contribution is 7.13. The van der Waals surface area contributed by atoms with E-state index in [0.717, 1.165) is 23.9 Å². The molecule has 0 spiro atoms. The van der Waals surface area contributed by atoms with Crippen LogP contribution < -0.4 is 10.5 Å². The van der Waals surface area contributed by atoms with E-state index in [0.29, 0.717) is 12.5 Å². The number of aromatic nitrogens is 3. The quantitative estimate of drug-likeness (QED) is 0.872. The minimum atomic E-state index is -0.0397. The van der Waals surface area contributed by atoms with Gasteiger partial charge >= 0.3 is 0 Å². The average molecular weight is 304 g/mol. The van der Waals surface area contributed by atoms with E-state index >= 15 is 0 Å². The van der Waals surface area contributed by atoms with E-state index in [2.05, 4.69) is 35.8 Å². The molecule has 0 unspecified atom stereocenters. The Hall–Kier alpha value is -1.69. The van der Waals surface area contributed by atoms with Crippen LogP contribution >= 0.6 is 11.3 Å². The van der Waals surface area contributed by atoms with Gasteiger partial charge in [0.05, 0.1) is 12.2 Å². The molecule has 6 heteroatoms. The molecule has 5 nitrogen and oxygen atoms in total. The lowest BCUT2D eigenvalue weighted by Gasteiger charge is -2.39. The second-order valence-electron chi connectivity index (χ2n) is 6.57. The van der Waals surface area contributed by atoms with Crippen molar-refractivity contribution in [3.05, 3.63) is 39.8 Å². The van der Waals surface area contributed by atoms with Gasteiger partial charge in [-0.1, -0.05) is 20.8 Å². The van der Waals surface area contributed by atoms with E-state index < -0.39 is 0 Å². The molecule has 112 valence electrons. The minimum Gasteiger partial charge on any atom is -0.347 e. The molecule has 0 radical (unpaired) electrons. The third kappa shape index (κ3) is 3.00. The van der Waals surface area contributed by atoms with E-state index in [4.69, 9.17) is 0 Å². The standard InChI is InChI=1S/C15H20N4OS/c1-15(2,3)12-4-5-13(20)19(17-12)10-11-8-18(9-11)14-16-6-7-21-14/h4-7,11H,8-10H2,1-3H3. The van der Waals surface area contributed by atoms with Crippen LogP contribution in [0.2, 0.25) is 0 Å². The molecule has 1 aliphatic rings. The molecule has 0 atom stereocenters. The molecule has 0 amide bonds. The van der Waals surface area contributed by atoms with E-state index in [1.54, 1.807) is 22.1 Å². The second kappa shape index (κ2) is 5.26. The fourth-order valence-electron chi connectivity index (χ4n) is 2.44. The number of anilines is 1. The second-order valence-corrected chi connectivity index (χ2v) is 7.45. The van der Waals surface area contributed by atoms with E-state index in [1.807, 2.05) is 17.6 Å². The predicted molar refractivity (Wildman–Crippen MR) is 85.0 cm³/mol. The van der Waals surface area contributed by atoms with Crippen LogP contribution in [0.4, 0.5) is 5.13 Å². The summed E-state index contributed by atoms with van der Waals surface area (Å²) >= 11 is 1.65. The Morgan fingerprint density at radius 2 is 2.10 bits per heavy atom. The zero-order valence-corrected chi connectivity index (χ0v) is 13.4. The smallest absolute Gasteiger partial charge is 0.266 e. The third-order valence-electron chi connectivity index (χ3n) is 3.71. The summed E-state index contributed by atoms with van der Waals surface area (Å²) in [5.74, 6) is 0.467. The van der Waals surface area contributed by atoms with Crippen molar-refractivity contribution in [2.45, 2.75) is 32.7 Å². The van der Waals surface area contributed by atoms with Crippen molar-refractivity contribution in [3.63, 3.8) is 0 Å². The van der Waals surface area contributed by atoms with Gasteiger partial charge in [-0.25, -0.2) is 9.67 Å². The first-order valence-corrected chi connectivity index (χ1v) is 8.04. The Bertz CT molecular complexity index is 666. The maximum absolute atomic E-state index is 12.0. The summed E-state index contributed by atoms with van der Waals surface area (Å²) in [4.78, 5) is 18.5. The van der Waals surface area contributed by atoms with Crippen LogP contribution in [0.25, 0.3) is 0 Å². The average Bonchev–Trinajstić information content (AvgIpc) is 2.87. The summed E-state index contributed by atoms with van der Waals surface area (Å²) in [7, 11) is 0. The minimum absolute atomic E-state index is 0.0179. The van der Waals surface area contributed by atoms with Gasteiger partial charge in [0.15, 0.2) is 5.13 Å². The van der Waals surface area contributed by atoms with Crippen molar-refractivity contribution >= 4 is 16.5 Å². The first kappa shape index (κ1) is 14.3. The number of hydrogen-bond donors (Lipinski definition) is 0. The Morgan fingerprint density at radius 1 is 1.33 bits per heavy atom. The number of thiazole rings is 1. The van der Waals surface area contributed by atoms with Crippen LogP contribution in [-0.4, -0.2) is 27.9 Å². The molecule has 0 saturated carbocycles. The Morgan fingerprint density at radius 3 is 2.71 bits per heavy atom. The summed E-state index contributed by atoms with van der Waals surface area (Å²) in [5, 5.41) is 7.58. The van der Waals surface area contributed by atoms with Crippen LogP contribution in [0, 0.1) is 5.92 Å². The van der Waals surface area contributed by atoms with Gasteiger partial charge in [0, 0.05) is 42.1 Å². The lowest BCUT2D eigenvalue weighted by molar-refractivity contribution is 0.329. The van der Waals surface area contributed by atoms with Crippen LogP contribution in [0.15, 0.2) is 28.5 Å². The molecular formula is C15H20N4OS. The monoisotopic (exact) mass is 304 g/mol. The van der Waals surface area contributed by atoms with Crippen molar-refractivity contribution in [2.24, 2.45) is 5.92 Å². The van der Waals surface area contributed by atoms with Gasteiger partial charge in [-0.2, -0.15) is 5.10 Å². The van der Waals surface area contributed by atoms with Crippen LogP contribution in [0.5, 0.6) is 0 Å². The molecular weight excluding hydrogens is 284 g/mol. The van der Waals surface area contributed by atoms with Gasteiger partial charge in [0.2, 0.25) is 0 Å². The van der Waals surface area contributed by atoms with Crippen molar-refractivity contribution in [2.75, 3.05) is 18.0 Å². The molecule has 3 rings (SSSR count). The molecule has 1 saturated heterocycles. The van der Waals surface area contributed by atoms with Crippen molar-refractivity contribution in [1.82, 2.24) is 14.8 Å². The summed E-state index contributed by atoms with van der Waals surface area (Å²) < 4.78 is 1.62. The van der Waals surface area contributed by atoms with Gasteiger partial charge in [0.25, 0.3) is 5.56 Å². The highest BCUT2D eigenvalue weighted by Gasteiger charge is 2.29. The molecule has 0 aromatic carbocycles. The number of rotatable bonds is 3. The van der Waals surface area contributed by atoms with Gasteiger partial charge in [-0.05, 0) is 6.07 Å². The molecule has 1 fully saturated rings. The lowest BCUT2D eigenvalue weighted by Crippen LogP contribution is -2.49. The number of nitrogens with zero attached hydrogens (tertiary/aromatic N) is 4. The molecule has 21 heavy (non-hydrogen) atoms. The Kier molecular flexibility index (Phi) is 3.57. The van der Waals surface area contributed by atoms with Gasteiger partial charge in [-0.15, -0.1) is 11.3 Å². The van der Waals surface area contributed by atoms with E-state index in [9.17, 15) is 4.79 Å². The lowest BCUT2D eigenvalue weighted by atomic mass is 9.92. The fraction of sp³-hybridized carbons (Fsp3) is 0.533. The summed E-state index contributed by atoms with van der Waals surface area (Å²) in [6.07, 6.45) is 1.83. The molecule has 1 aliphatic heterocycles. The summed E-state index contributed by atoms with van der Waals surface area (Å²) in [6, 6.07) is 3.46. The fourth-order valence-corrected chi connectivity index (χ4v) is 3.10. The molecule has 0 N–H and O–H groups in total. The molecule has 3 heterocycles. The molecule has 0 aliphatic carbocycles. The maximum atomic E-state index is 12.0. The topological polar surface area (TPSA) is 51.0 Å².